The molecule has 0 radical (unpaired) electrons. The topological polar surface area (TPSA) is 69.9 Å². The third kappa shape index (κ3) is 8.82. The number of hydrogen-bond donors (Lipinski definition) is 3. The van der Waals surface area contributed by atoms with Crippen LogP contribution < -0.4 is 0 Å². The second kappa shape index (κ2) is 12.7. The van der Waals surface area contributed by atoms with Crippen LogP contribution in [0.2, 0.25) is 0 Å². The van der Waals surface area contributed by atoms with Crippen molar-refractivity contribution in [3.05, 3.63) is 76.8 Å². The Morgan fingerprint density at radius 1 is 1.17 bits per heavy atom. The minimum Gasteiger partial charge on any atom is -0.508 e. The van der Waals surface area contributed by atoms with E-state index < -0.39 is 6.10 Å². The fourth-order valence-corrected chi connectivity index (χ4v) is 4.50. The molecule has 30 heavy (non-hydrogen) atoms. The number of ether oxygens (including phenoxy) is 1. The predicted octanol–water partition coefficient (Wildman–Crippen LogP) is 5.54. The van der Waals surface area contributed by atoms with Crippen LogP contribution in [0, 0.1) is 0 Å². The van der Waals surface area contributed by atoms with E-state index in [-0.39, 0.29) is 23.1 Å². The van der Waals surface area contributed by atoms with Gasteiger partial charge in [-0.25, -0.2) is 0 Å². The Morgan fingerprint density at radius 3 is 2.53 bits per heavy atom. The zero-order chi connectivity index (χ0) is 21.9. The number of hydrogen-bond acceptors (Lipinski definition) is 5. The molecule has 4 nitrogen and oxygen atoms in total. The van der Waals surface area contributed by atoms with Crippen molar-refractivity contribution in [1.29, 1.82) is 0 Å². The summed E-state index contributed by atoms with van der Waals surface area (Å²) in [6.45, 7) is 5.96. The molecule has 0 saturated carbocycles. The first kappa shape index (κ1) is 24.3. The highest BCUT2D eigenvalue weighted by Crippen LogP contribution is 2.34. The Balaban J connectivity index is 2.16. The van der Waals surface area contributed by atoms with Gasteiger partial charge in [-0.3, -0.25) is 0 Å². The van der Waals surface area contributed by atoms with E-state index >= 15 is 0 Å². The number of benzene rings is 1. The molecule has 1 aromatic rings. The van der Waals surface area contributed by atoms with Crippen LogP contribution in [0.5, 0.6) is 0 Å². The molecule has 164 valence electrons. The predicted molar refractivity (Wildman–Crippen MR) is 126 cm³/mol. The third-order valence-electron chi connectivity index (χ3n) is 4.61. The Kier molecular flexibility index (Phi) is 10.3. The lowest BCUT2D eigenvalue weighted by atomic mass is 10.1. The quantitative estimate of drug-likeness (QED) is 0.355. The molecule has 1 aliphatic rings. The standard InChI is InChI=1S/C25H34O4S/c1-4-5-6-19-7-9-20(10-8-19)11-12-23(14-21(27)13-18(2)3)29-25-16-22(28)15-24(17-26)30-25/h5-10,12-14,22,24-28H,4,11,15-17H2,1-3H3/b6-5+,21-14+,23-12-. The molecule has 1 fully saturated rings. The van der Waals surface area contributed by atoms with Crippen molar-refractivity contribution in [2.45, 2.75) is 63.2 Å². The fourth-order valence-electron chi connectivity index (χ4n) is 3.15. The second-order valence-electron chi connectivity index (χ2n) is 7.77. The second-order valence-corrected chi connectivity index (χ2v) is 9.23. The minimum atomic E-state index is -0.492. The normalized spacial score (nSPS) is 22.9. The van der Waals surface area contributed by atoms with E-state index in [2.05, 4.69) is 43.3 Å². The van der Waals surface area contributed by atoms with Gasteiger partial charge in [0.05, 0.1) is 12.7 Å². The molecule has 1 aromatic carbocycles. The van der Waals surface area contributed by atoms with Crippen molar-refractivity contribution in [2.24, 2.45) is 0 Å². The Labute approximate surface area is 184 Å². The molecule has 3 N–H and O–H groups in total. The lowest BCUT2D eigenvalue weighted by Gasteiger charge is -2.31. The molecule has 0 aliphatic carbocycles. The highest BCUT2D eigenvalue weighted by atomic mass is 32.2. The molecule has 0 spiro atoms. The fraction of sp³-hybridized carbons (Fsp3) is 0.440. The molecule has 1 heterocycles. The van der Waals surface area contributed by atoms with Crippen LogP contribution in [-0.4, -0.2) is 38.7 Å². The first-order valence-corrected chi connectivity index (χ1v) is 11.5. The summed E-state index contributed by atoms with van der Waals surface area (Å²) in [7, 11) is 0. The molecule has 1 aliphatic heterocycles. The van der Waals surface area contributed by atoms with Crippen LogP contribution in [0.1, 0.15) is 51.2 Å². The van der Waals surface area contributed by atoms with Gasteiger partial charge >= 0.3 is 0 Å². The molecule has 1 saturated heterocycles. The Morgan fingerprint density at radius 2 is 1.90 bits per heavy atom. The summed E-state index contributed by atoms with van der Waals surface area (Å²) in [5.41, 5.74) is 3.03. The number of aliphatic hydroxyl groups is 3. The first-order valence-electron chi connectivity index (χ1n) is 10.5. The highest BCUT2D eigenvalue weighted by molar-refractivity contribution is 8.00. The maximum atomic E-state index is 10.2. The van der Waals surface area contributed by atoms with Crippen molar-refractivity contribution < 1.29 is 20.1 Å². The van der Waals surface area contributed by atoms with E-state index in [1.54, 1.807) is 12.2 Å². The van der Waals surface area contributed by atoms with E-state index in [1.165, 1.54) is 17.3 Å². The van der Waals surface area contributed by atoms with Crippen LogP contribution in [-0.2, 0) is 11.2 Å². The maximum absolute atomic E-state index is 10.2. The molecule has 3 atom stereocenters. The van der Waals surface area contributed by atoms with Crippen molar-refractivity contribution in [3.63, 3.8) is 0 Å². The average Bonchev–Trinajstić information content (AvgIpc) is 2.70. The number of rotatable bonds is 9. The van der Waals surface area contributed by atoms with E-state index in [1.807, 2.05) is 19.9 Å². The molecule has 0 bridgehead atoms. The first-order chi connectivity index (χ1) is 14.4. The van der Waals surface area contributed by atoms with Gasteiger partial charge in [-0.15, -0.1) is 11.8 Å². The van der Waals surface area contributed by atoms with Crippen LogP contribution in [0.15, 0.2) is 65.7 Å². The van der Waals surface area contributed by atoms with Crippen LogP contribution in [0.25, 0.3) is 6.08 Å². The molecular formula is C25H34O4S. The number of allylic oxidation sites excluding steroid dienone is 5. The van der Waals surface area contributed by atoms with Gasteiger partial charge < -0.3 is 20.1 Å². The summed E-state index contributed by atoms with van der Waals surface area (Å²) in [5, 5.41) is 29.8. The largest absolute Gasteiger partial charge is 0.508 e. The SMILES string of the molecule is CC/C=C/c1ccc(C/C=C(/C=C(/O)C=C(C)C)OC2CC(O)CC(CO)S2)cc1. The van der Waals surface area contributed by atoms with Gasteiger partial charge in [0.1, 0.15) is 17.0 Å². The van der Waals surface area contributed by atoms with Gasteiger partial charge in [0.25, 0.3) is 0 Å². The summed E-state index contributed by atoms with van der Waals surface area (Å²) < 4.78 is 6.12. The lowest BCUT2D eigenvalue weighted by Crippen LogP contribution is -2.31. The van der Waals surface area contributed by atoms with E-state index in [0.717, 1.165) is 17.6 Å². The van der Waals surface area contributed by atoms with Crippen molar-refractivity contribution >= 4 is 17.8 Å². The summed E-state index contributed by atoms with van der Waals surface area (Å²) in [4.78, 5) is 0. The van der Waals surface area contributed by atoms with Crippen LogP contribution >= 0.6 is 11.8 Å². The zero-order valence-electron chi connectivity index (χ0n) is 18.1. The lowest BCUT2D eigenvalue weighted by molar-refractivity contribution is 0.0821. The minimum absolute atomic E-state index is 0.0122. The molecule has 2 rings (SSSR count). The van der Waals surface area contributed by atoms with Crippen molar-refractivity contribution in [2.75, 3.05) is 6.61 Å². The van der Waals surface area contributed by atoms with Crippen molar-refractivity contribution in [3.8, 4) is 0 Å². The monoisotopic (exact) mass is 430 g/mol. The maximum Gasteiger partial charge on any atom is 0.147 e. The van der Waals surface area contributed by atoms with E-state index in [0.29, 0.717) is 25.0 Å². The summed E-state index contributed by atoms with van der Waals surface area (Å²) >= 11 is 1.53. The van der Waals surface area contributed by atoms with Gasteiger partial charge in [0.15, 0.2) is 0 Å². The Bertz CT molecular complexity index is 773. The summed E-state index contributed by atoms with van der Waals surface area (Å²) in [6.07, 6.45) is 11.7. The molecule has 3 unspecified atom stereocenters. The van der Waals surface area contributed by atoms with Crippen molar-refractivity contribution in [1.82, 2.24) is 0 Å². The van der Waals surface area contributed by atoms with E-state index in [4.69, 9.17) is 4.74 Å². The highest BCUT2D eigenvalue weighted by Gasteiger charge is 2.29. The van der Waals surface area contributed by atoms with Gasteiger partial charge in [0.2, 0.25) is 0 Å². The number of thioether (sulfide) groups is 1. The van der Waals surface area contributed by atoms with Gasteiger partial charge in [-0.05, 0) is 56.4 Å². The van der Waals surface area contributed by atoms with E-state index in [9.17, 15) is 15.3 Å². The van der Waals surface area contributed by atoms with Gasteiger partial charge in [-0.2, -0.15) is 0 Å². The number of aliphatic hydroxyl groups excluding tert-OH is 3. The smallest absolute Gasteiger partial charge is 0.147 e. The van der Waals surface area contributed by atoms with Gasteiger partial charge in [0, 0.05) is 17.7 Å². The average molecular weight is 431 g/mol. The zero-order valence-corrected chi connectivity index (χ0v) is 18.9. The molecular weight excluding hydrogens is 396 g/mol. The third-order valence-corrected chi connectivity index (χ3v) is 5.92. The summed E-state index contributed by atoms with van der Waals surface area (Å²) in [5.74, 6) is 0.685. The molecule has 5 heteroatoms. The van der Waals surface area contributed by atoms with Gasteiger partial charge in [-0.1, -0.05) is 48.9 Å². The summed E-state index contributed by atoms with van der Waals surface area (Å²) in [6, 6.07) is 8.35. The van der Waals surface area contributed by atoms with Crippen LogP contribution in [0.3, 0.4) is 0 Å². The van der Waals surface area contributed by atoms with Crippen LogP contribution in [0.4, 0.5) is 0 Å². The molecule has 0 amide bonds. The molecule has 0 aromatic heterocycles. The Hall–Kier alpha value is -1.95.